The number of guanidine groups is 1. The van der Waals surface area contributed by atoms with Crippen LogP contribution in [0.15, 0.2) is 29.3 Å². The van der Waals surface area contributed by atoms with Crippen molar-refractivity contribution < 1.29 is 9.47 Å². The van der Waals surface area contributed by atoms with E-state index in [0.717, 1.165) is 63.8 Å². The molecule has 0 bridgehead atoms. The van der Waals surface area contributed by atoms with Gasteiger partial charge >= 0.3 is 0 Å². The van der Waals surface area contributed by atoms with Gasteiger partial charge in [0, 0.05) is 51.4 Å². The number of halogens is 1. The van der Waals surface area contributed by atoms with Crippen molar-refractivity contribution in [2.24, 2.45) is 4.99 Å². The molecule has 1 unspecified atom stereocenters. The second kappa shape index (κ2) is 11.0. The minimum Gasteiger partial charge on any atom is -0.497 e. The Morgan fingerprint density at radius 3 is 2.50 bits per heavy atom. The summed E-state index contributed by atoms with van der Waals surface area (Å²) in [5.41, 5.74) is 1.61. The zero-order valence-electron chi connectivity index (χ0n) is 18.4. The Hall–Kier alpha value is -1.06. The van der Waals surface area contributed by atoms with Crippen molar-refractivity contribution in [3.63, 3.8) is 0 Å². The van der Waals surface area contributed by atoms with Crippen molar-refractivity contribution in [1.29, 1.82) is 0 Å². The molecule has 4 rings (SSSR count). The van der Waals surface area contributed by atoms with Crippen LogP contribution in [0.4, 0.5) is 0 Å². The van der Waals surface area contributed by atoms with Crippen molar-refractivity contribution in [3.8, 4) is 5.75 Å². The number of nitrogens with one attached hydrogen (secondary N) is 1. The SMILES string of the molecule is CN=C(NCC1(N2CCCC2)CCOCC1)N1CCC(c2ccc(OC)cc2)C1.I. The van der Waals surface area contributed by atoms with Crippen molar-refractivity contribution in [1.82, 2.24) is 15.1 Å². The van der Waals surface area contributed by atoms with Crippen LogP contribution in [-0.2, 0) is 4.74 Å². The number of hydrogen-bond acceptors (Lipinski definition) is 4. The van der Waals surface area contributed by atoms with Crippen LogP contribution in [0.1, 0.15) is 43.6 Å². The van der Waals surface area contributed by atoms with E-state index in [1.807, 2.05) is 7.05 Å². The molecule has 6 nitrogen and oxygen atoms in total. The molecule has 1 atom stereocenters. The monoisotopic (exact) mass is 528 g/mol. The third-order valence-corrected chi connectivity index (χ3v) is 7.06. The van der Waals surface area contributed by atoms with Crippen LogP contribution in [0.2, 0.25) is 0 Å². The van der Waals surface area contributed by atoms with Crippen molar-refractivity contribution >= 4 is 29.9 Å². The molecule has 3 fully saturated rings. The smallest absolute Gasteiger partial charge is 0.193 e. The zero-order valence-corrected chi connectivity index (χ0v) is 20.8. The first-order valence-electron chi connectivity index (χ1n) is 11.2. The summed E-state index contributed by atoms with van der Waals surface area (Å²) in [6.07, 6.45) is 6.05. The maximum atomic E-state index is 5.69. The number of aliphatic imine (C=N–C) groups is 1. The number of benzene rings is 1. The first-order valence-corrected chi connectivity index (χ1v) is 11.2. The molecule has 168 valence electrons. The lowest BCUT2D eigenvalue weighted by Gasteiger charge is -2.45. The summed E-state index contributed by atoms with van der Waals surface area (Å²) >= 11 is 0. The van der Waals surface area contributed by atoms with Crippen molar-refractivity contribution in [2.75, 3.05) is 60.1 Å². The van der Waals surface area contributed by atoms with Gasteiger partial charge in [-0.1, -0.05) is 12.1 Å². The lowest BCUT2D eigenvalue weighted by molar-refractivity contribution is -0.0166. The molecular formula is C23H37IN4O2. The molecule has 3 saturated heterocycles. The molecule has 3 heterocycles. The average molecular weight is 528 g/mol. The van der Waals surface area contributed by atoms with Crippen molar-refractivity contribution in [2.45, 2.75) is 43.6 Å². The van der Waals surface area contributed by atoms with Gasteiger partial charge in [0.05, 0.1) is 7.11 Å². The fourth-order valence-electron chi connectivity index (χ4n) is 5.22. The minimum absolute atomic E-state index is 0. The van der Waals surface area contributed by atoms with Crippen LogP contribution in [0.25, 0.3) is 0 Å². The van der Waals surface area contributed by atoms with E-state index in [4.69, 9.17) is 9.47 Å². The van der Waals surface area contributed by atoms with Crippen LogP contribution in [0.5, 0.6) is 5.75 Å². The van der Waals surface area contributed by atoms with E-state index >= 15 is 0 Å². The lowest BCUT2D eigenvalue weighted by atomic mass is 9.88. The first kappa shape index (κ1) is 23.6. The van der Waals surface area contributed by atoms with Gasteiger partial charge in [0.1, 0.15) is 5.75 Å². The summed E-state index contributed by atoms with van der Waals surface area (Å²) in [4.78, 5) is 9.76. The molecule has 1 aromatic carbocycles. The molecule has 30 heavy (non-hydrogen) atoms. The normalized spacial score (nSPS) is 24.5. The molecule has 1 N–H and O–H groups in total. The predicted octanol–water partition coefficient (Wildman–Crippen LogP) is 3.32. The summed E-state index contributed by atoms with van der Waals surface area (Å²) in [6.45, 7) is 7.24. The third kappa shape index (κ3) is 5.22. The molecule has 0 aromatic heterocycles. The Balaban J connectivity index is 0.00000256. The molecule has 0 spiro atoms. The second-order valence-corrected chi connectivity index (χ2v) is 8.64. The van der Waals surface area contributed by atoms with Crippen molar-refractivity contribution in [3.05, 3.63) is 29.8 Å². The van der Waals surface area contributed by atoms with Crippen LogP contribution >= 0.6 is 24.0 Å². The van der Waals surface area contributed by atoms with Crippen LogP contribution < -0.4 is 10.1 Å². The number of likely N-dealkylation sites (tertiary alicyclic amines) is 2. The number of ether oxygens (including phenoxy) is 2. The highest BCUT2D eigenvalue weighted by Gasteiger charge is 2.40. The van der Waals surface area contributed by atoms with Gasteiger partial charge in [-0.05, 0) is 62.9 Å². The van der Waals surface area contributed by atoms with E-state index in [1.54, 1.807) is 7.11 Å². The highest BCUT2D eigenvalue weighted by molar-refractivity contribution is 14.0. The van der Waals surface area contributed by atoms with E-state index in [2.05, 4.69) is 44.4 Å². The second-order valence-electron chi connectivity index (χ2n) is 8.64. The Labute approximate surface area is 198 Å². The third-order valence-electron chi connectivity index (χ3n) is 7.06. The van der Waals surface area contributed by atoms with Gasteiger partial charge in [0.2, 0.25) is 0 Å². The molecule has 3 aliphatic heterocycles. The number of nitrogens with zero attached hydrogens (tertiary/aromatic N) is 3. The van der Waals surface area contributed by atoms with E-state index in [1.165, 1.54) is 31.5 Å². The van der Waals surface area contributed by atoms with Crippen LogP contribution in [-0.4, -0.2) is 81.4 Å². The topological polar surface area (TPSA) is 49.3 Å². The largest absolute Gasteiger partial charge is 0.497 e. The molecule has 3 aliphatic rings. The molecule has 0 saturated carbocycles. The molecule has 0 amide bonds. The van der Waals surface area contributed by atoms with E-state index < -0.39 is 0 Å². The van der Waals surface area contributed by atoms with Gasteiger partial charge in [-0.15, -0.1) is 24.0 Å². The fraction of sp³-hybridized carbons (Fsp3) is 0.696. The van der Waals surface area contributed by atoms with Gasteiger partial charge in [0.25, 0.3) is 0 Å². The number of hydrogen-bond donors (Lipinski definition) is 1. The van der Waals surface area contributed by atoms with Crippen LogP contribution in [0, 0.1) is 0 Å². The van der Waals surface area contributed by atoms with E-state index in [-0.39, 0.29) is 29.5 Å². The molecule has 1 aromatic rings. The molecule has 0 aliphatic carbocycles. The Morgan fingerprint density at radius 2 is 1.87 bits per heavy atom. The Kier molecular flexibility index (Phi) is 8.65. The van der Waals surface area contributed by atoms with Gasteiger partial charge in [-0.3, -0.25) is 9.89 Å². The summed E-state index contributed by atoms with van der Waals surface area (Å²) in [5.74, 6) is 2.52. The summed E-state index contributed by atoms with van der Waals surface area (Å²) in [7, 11) is 3.63. The molecule has 0 radical (unpaired) electrons. The first-order chi connectivity index (χ1) is 14.2. The number of rotatable bonds is 5. The Morgan fingerprint density at radius 1 is 1.17 bits per heavy atom. The van der Waals surface area contributed by atoms with E-state index in [9.17, 15) is 0 Å². The lowest BCUT2D eigenvalue weighted by Crippen LogP contribution is -2.58. The Bertz CT molecular complexity index is 685. The minimum atomic E-state index is 0. The summed E-state index contributed by atoms with van der Waals surface area (Å²) in [6, 6.07) is 8.53. The quantitative estimate of drug-likeness (QED) is 0.361. The van der Waals surface area contributed by atoms with Gasteiger partial charge in [-0.2, -0.15) is 0 Å². The summed E-state index contributed by atoms with van der Waals surface area (Å²) in [5, 5.41) is 3.75. The van der Waals surface area contributed by atoms with Gasteiger partial charge in [0.15, 0.2) is 5.96 Å². The van der Waals surface area contributed by atoms with Gasteiger partial charge in [-0.25, -0.2) is 0 Å². The van der Waals surface area contributed by atoms with Gasteiger partial charge < -0.3 is 19.7 Å². The highest BCUT2D eigenvalue weighted by Crippen LogP contribution is 2.32. The maximum absolute atomic E-state index is 5.69. The van der Waals surface area contributed by atoms with Crippen LogP contribution in [0.3, 0.4) is 0 Å². The predicted molar refractivity (Wildman–Crippen MR) is 132 cm³/mol. The number of methoxy groups -OCH3 is 1. The highest BCUT2D eigenvalue weighted by atomic mass is 127. The standard InChI is InChI=1S/C23H36N4O2.HI/c1-24-22(25-18-23(10-15-29-16-11-23)27-12-3-4-13-27)26-14-9-20(17-26)19-5-7-21(28-2)8-6-19;/h5-8,20H,3-4,9-18H2,1-2H3,(H,24,25);1H. The average Bonchev–Trinajstić information content (AvgIpc) is 3.48. The molecule has 7 heteroatoms. The molecular weight excluding hydrogens is 491 g/mol. The fourth-order valence-corrected chi connectivity index (χ4v) is 5.22. The maximum Gasteiger partial charge on any atom is 0.193 e. The zero-order chi connectivity index (χ0) is 20.1. The summed E-state index contributed by atoms with van der Waals surface area (Å²) < 4.78 is 11.0. The van der Waals surface area contributed by atoms with E-state index in [0.29, 0.717) is 5.92 Å².